The average Bonchev–Trinajstić information content (AvgIpc) is 3.03. The Hall–Kier alpha value is -2.83. The molecule has 0 aliphatic carbocycles. The second kappa shape index (κ2) is 6.51. The molecule has 3 rings (SSSR count). The molecule has 0 fully saturated rings. The molecule has 0 saturated heterocycles. The van der Waals surface area contributed by atoms with Crippen LogP contribution in [0.2, 0.25) is 0 Å². The summed E-state index contributed by atoms with van der Waals surface area (Å²) >= 11 is 0. The molecule has 0 bridgehead atoms. The molecule has 3 aromatic rings. The van der Waals surface area contributed by atoms with Crippen LogP contribution < -0.4 is 5.32 Å². The van der Waals surface area contributed by atoms with Crippen molar-refractivity contribution in [2.45, 2.75) is 26.4 Å². The third kappa shape index (κ3) is 3.33. The van der Waals surface area contributed by atoms with E-state index in [1.807, 2.05) is 32.0 Å². The van der Waals surface area contributed by atoms with Crippen LogP contribution in [0.15, 0.2) is 42.7 Å². The van der Waals surface area contributed by atoms with Gasteiger partial charge in [-0.25, -0.2) is 9.07 Å². The first-order valence-electron chi connectivity index (χ1n) is 7.35. The minimum Gasteiger partial charge on any atom is -0.381 e. The fourth-order valence-electron chi connectivity index (χ4n) is 2.23. The number of pyridine rings is 1. The Morgan fingerprint density at radius 2 is 2.13 bits per heavy atom. The smallest absolute Gasteiger partial charge is 0.185 e. The first-order valence-corrected chi connectivity index (χ1v) is 7.35. The fourth-order valence-corrected chi connectivity index (χ4v) is 2.23. The Kier molecular flexibility index (Phi) is 4.27. The summed E-state index contributed by atoms with van der Waals surface area (Å²) in [5, 5.41) is 14.6. The Labute approximate surface area is 133 Å². The maximum atomic E-state index is 14.4. The Bertz CT molecular complexity index is 784. The van der Waals surface area contributed by atoms with Gasteiger partial charge in [-0.3, -0.25) is 4.98 Å². The molecular formula is C16H17FN6. The second-order valence-corrected chi connectivity index (χ2v) is 5.45. The highest BCUT2D eigenvalue weighted by molar-refractivity contribution is 5.60. The van der Waals surface area contributed by atoms with Crippen molar-refractivity contribution >= 4 is 5.69 Å². The molecule has 23 heavy (non-hydrogen) atoms. The quantitative estimate of drug-likeness (QED) is 0.784. The third-order valence-electron chi connectivity index (χ3n) is 3.41. The topological polar surface area (TPSA) is 68.5 Å². The van der Waals surface area contributed by atoms with Gasteiger partial charge < -0.3 is 5.32 Å². The van der Waals surface area contributed by atoms with Crippen LogP contribution in [-0.2, 0) is 6.54 Å². The summed E-state index contributed by atoms with van der Waals surface area (Å²) in [4.78, 5) is 4.05. The van der Waals surface area contributed by atoms with Crippen LogP contribution in [0.1, 0.15) is 25.5 Å². The number of benzene rings is 1. The van der Waals surface area contributed by atoms with E-state index in [1.165, 1.54) is 6.07 Å². The minimum atomic E-state index is -0.363. The van der Waals surface area contributed by atoms with E-state index in [-0.39, 0.29) is 11.9 Å². The molecule has 0 aliphatic rings. The van der Waals surface area contributed by atoms with Gasteiger partial charge in [0.25, 0.3) is 0 Å². The summed E-state index contributed by atoms with van der Waals surface area (Å²) in [7, 11) is 0. The summed E-state index contributed by atoms with van der Waals surface area (Å²) in [6, 6.07) is 8.83. The van der Waals surface area contributed by atoms with Crippen LogP contribution in [0.25, 0.3) is 11.4 Å². The highest BCUT2D eigenvalue weighted by Gasteiger charge is 2.15. The van der Waals surface area contributed by atoms with Crippen LogP contribution in [0, 0.1) is 5.82 Å². The molecule has 6 nitrogen and oxygen atoms in total. The van der Waals surface area contributed by atoms with E-state index in [0.29, 0.717) is 23.6 Å². The van der Waals surface area contributed by atoms with Gasteiger partial charge in [-0.1, -0.05) is 6.07 Å². The molecule has 0 amide bonds. The van der Waals surface area contributed by atoms with Gasteiger partial charge in [0.15, 0.2) is 5.82 Å². The van der Waals surface area contributed by atoms with Gasteiger partial charge in [0.1, 0.15) is 5.82 Å². The van der Waals surface area contributed by atoms with Crippen LogP contribution in [0.5, 0.6) is 0 Å². The van der Waals surface area contributed by atoms with E-state index in [0.717, 1.165) is 5.56 Å². The lowest BCUT2D eigenvalue weighted by Gasteiger charge is -2.10. The predicted octanol–water partition coefficient (Wildman–Crippen LogP) is 3.07. The molecular weight excluding hydrogens is 295 g/mol. The maximum absolute atomic E-state index is 14.4. The van der Waals surface area contributed by atoms with Crippen molar-refractivity contribution in [3.63, 3.8) is 0 Å². The predicted molar refractivity (Wildman–Crippen MR) is 85.2 cm³/mol. The number of aromatic nitrogens is 5. The van der Waals surface area contributed by atoms with Gasteiger partial charge in [-0.2, -0.15) is 0 Å². The molecule has 118 valence electrons. The second-order valence-electron chi connectivity index (χ2n) is 5.45. The summed E-state index contributed by atoms with van der Waals surface area (Å²) in [6.07, 6.45) is 3.49. The molecule has 0 aliphatic heterocycles. The molecule has 0 radical (unpaired) electrons. The van der Waals surface area contributed by atoms with Crippen molar-refractivity contribution in [3.05, 3.63) is 54.1 Å². The van der Waals surface area contributed by atoms with Crippen molar-refractivity contribution in [1.29, 1.82) is 0 Å². The fraction of sp³-hybridized carbons (Fsp3) is 0.250. The van der Waals surface area contributed by atoms with Crippen molar-refractivity contribution in [3.8, 4) is 11.4 Å². The van der Waals surface area contributed by atoms with Crippen LogP contribution in [0.4, 0.5) is 10.1 Å². The van der Waals surface area contributed by atoms with E-state index >= 15 is 0 Å². The maximum Gasteiger partial charge on any atom is 0.185 e. The lowest BCUT2D eigenvalue weighted by atomic mass is 10.1. The first kappa shape index (κ1) is 15.1. The zero-order valence-electron chi connectivity index (χ0n) is 12.9. The van der Waals surface area contributed by atoms with E-state index in [1.54, 1.807) is 23.1 Å². The van der Waals surface area contributed by atoms with Crippen molar-refractivity contribution < 1.29 is 4.39 Å². The zero-order chi connectivity index (χ0) is 16.2. The molecule has 0 unspecified atom stereocenters. The number of nitrogens with zero attached hydrogens (tertiary/aromatic N) is 5. The standard InChI is InChI=1S/C16H17FN6/c1-11(2)23-16(20-21-22-23)14-6-5-13(8-15(14)17)19-10-12-4-3-7-18-9-12/h3-9,11,19H,10H2,1-2H3. The van der Waals surface area contributed by atoms with E-state index in [4.69, 9.17) is 0 Å². The average molecular weight is 312 g/mol. The van der Waals surface area contributed by atoms with E-state index < -0.39 is 0 Å². The van der Waals surface area contributed by atoms with Crippen LogP contribution in [-0.4, -0.2) is 25.2 Å². The number of hydrogen-bond acceptors (Lipinski definition) is 5. The summed E-state index contributed by atoms with van der Waals surface area (Å²) in [5.41, 5.74) is 2.11. The van der Waals surface area contributed by atoms with Crippen molar-refractivity contribution in [2.75, 3.05) is 5.32 Å². The minimum absolute atomic E-state index is 0.0581. The highest BCUT2D eigenvalue weighted by Crippen LogP contribution is 2.25. The van der Waals surface area contributed by atoms with Gasteiger partial charge in [-0.15, -0.1) is 5.10 Å². The van der Waals surface area contributed by atoms with Gasteiger partial charge in [-0.05, 0) is 54.1 Å². The molecule has 1 aromatic carbocycles. The highest BCUT2D eigenvalue weighted by atomic mass is 19.1. The molecule has 7 heteroatoms. The number of tetrazole rings is 1. The number of halogens is 1. The van der Waals surface area contributed by atoms with Crippen LogP contribution in [0.3, 0.4) is 0 Å². The van der Waals surface area contributed by atoms with Crippen molar-refractivity contribution in [1.82, 2.24) is 25.2 Å². The molecule has 0 atom stereocenters. The lowest BCUT2D eigenvalue weighted by molar-refractivity contribution is 0.517. The third-order valence-corrected chi connectivity index (χ3v) is 3.41. The summed E-state index contributed by atoms with van der Waals surface area (Å²) in [6.45, 7) is 4.47. The monoisotopic (exact) mass is 312 g/mol. The largest absolute Gasteiger partial charge is 0.381 e. The molecule has 0 saturated carbocycles. The molecule has 2 aromatic heterocycles. The first-order chi connectivity index (χ1) is 11.1. The van der Waals surface area contributed by atoms with Crippen LogP contribution >= 0.6 is 0 Å². The Balaban J connectivity index is 1.79. The molecule has 2 heterocycles. The lowest BCUT2D eigenvalue weighted by Crippen LogP contribution is -2.06. The Morgan fingerprint density at radius 3 is 2.83 bits per heavy atom. The van der Waals surface area contributed by atoms with Gasteiger partial charge in [0, 0.05) is 24.6 Å². The normalized spacial score (nSPS) is 11.0. The SMILES string of the molecule is CC(C)n1nnnc1-c1ccc(NCc2cccnc2)cc1F. The van der Waals surface area contributed by atoms with Crippen molar-refractivity contribution in [2.24, 2.45) is 0 Å². The van der Waals surface area contributed by atoms with E-state index in [2.05, 4.69) is 25.8 Å². The number of nitrogens with one attached hydrogen (secondary N) is 1. The van der Waals surface area contributed by atoms with Gasteiger partial charge in [0.2, 0.25) is 0 Å². The molecule has 0 spiro atoms. The van der Waals surface area contributed by atoms with E-state index in [9.17, 15) is 4.39 Å². The molecule has 1 N–H and O–H groups in total. The number of anilines is 1. The Morgan fingerprint density at radius 1 is 1.26 bits per heavy atom. The summed E-state index contributed by atoms with van der Waals surface area (Å²) in [5.74, 6) is 0.0641. The number of hydrogen-bond donors (Lipinski definition) is 1. The number of rotatable bonds is 5. The van der Waals surface area contributed by atoms with Gasteiger partial charge in [0.05, 0.1) is 11.6 Å². The van der Waals surface area contributed by atoms with Gasteiger partial charge >= 0.3 is 0 Å². The summed E-state index contributed by atoms with van der Waals surface area (Å²) < 4.78 is 16.0. The zero-order valence-corrected chi connectivity index (χ0v) is 12.9.